The summed E-state index contributed by atoms with van der Waals surface area (Å²) in [6.07, 6.45) is 3.28. The molecule has 1 aliphatic carbocycles. The van der Waals surface area contributed by atoms with Crippen LogP contribution in [0.25, 0.3) is 17.2 Å². The molecule has 3 amide bonds. The molecule has 0 radical (unpaired) electrons. The summed E-state index contributed by atoms with van der Waals surface area (Å²) in [6.45, 7) is 18.0. The number of carbonyl (C=O) groups is 4. The number of rotatable bonds is 7. The maximum atomic E-state index is 13.9. The second-order valence-corrected chi connectivity index (χ2v) is 15.8. The quantitative estimate of drug-likeness (QED) is 0.254. The van der Waals surface area contributed by atoms with Gasteiger partial charge in [-0.3, -0.25) is 4.79 Å². The van der Waals surface area contributed by atoms with Gasteiger partial charge in [-0.1, -0.05) is 30.7 Å². The Bertz CT molecular complexity index is 1780. The molecule has 0 unspecified atom stereocenters. The van der Waals surface area contributed by atoms with Crippen molar-refractivity contribution in [3.8, 4) is 11.5 Å². The van der Waals surface area contributed by atoms with Gasteiger partial charge in [-0.15, -0.1) is 10.2 Å². The van der Waals surface area contributed by atoms with E-state index in [2.05, 4.69) is 10.2 Å². The van der Waals surface area contributed by atoms with Crippen LogP contribution in [0.2, 0.25) is 0 Å². The predicted octanol–water partition coefficient (Wildman–Crippen LogP) is 8.80. The summed E-state index contributed by atoms with van der Waals surface area (Å²) in [5.41, 5.74) is 1.50. The third-order valence-corrected chi connectivity index (χ3v) is 7.65. The van der Waals surface area contributed by atoms with Crippen LogP contribution in [0.5, 0.6) is 0 Å². The van der Waals surface area contributed by atoms with Gasteiger partial charge < -0.3 is 23.5 Å². The highest BCUT2D eigenvalue weighted by Gasteiger charge is 2.38. The second kappa shape index (κ2) is 15.7. The highest BCUT2D eigenvalue weighted by atomic mass is 16.6. The molecule has 1 aliphatic heterocycles. The first kappa shape index (κ1) is 39.7. The molecule has 4 rings (SSSR count). The van der Waals surface area contributed by atoms with Gasteiger partial charge in [0.05, 0.1) is 11.4 Å². The van der Waals surface area contributed by atoms with Crippen molar-refractivity contribution in [1.29, 1.82) is 0 Å². The third-order valence-electron chi connectivity index (χ3n) is 7.65. The number of carbonyl (C=O) groups excluding carboxylic acids is 4. The van der Waals surface area contributed by atoms with Crippen LogP contribution in [0.1, 0.15) is 113 Å². The van der Waals surface area contributed by atoms with Gasteiger partial charge in [-0.2, -0.15) is 4.90 Å². The molecule has 1 aromatic heterocycles. The number of ketones is 1. The van der Waals surface area contributed by atoms with Crippen LogP contribution in [-0.2, 0) is 25.5 Å². The Morgan fingerprint density at radius 3 is 1.88 bits per heavy atom. The lowest BCUT2D eigenvalue weighted by Gasteiger charge is -2.30. The number of amides is 3. The summed E-state index contributed by atoms with van der Waals surface area (Å²) in [4.78, 5) is 59.7. The van der Waals surface area contributed by atoms with Crippen molar-refractivity contribution < 1.29 is 37.8 Å². The molecule has 0 atom stereocenters. The second-order valence-electron chi connectivity index (χ2n) is 15.8. The first-order valence-electron chi connectivity index (χ1n) is 17.5. The summed E-state index contributed by atoms with van der Waals surface area (Å²) >= 11 is 0. The van der Waals surface area contributed by atoms with Crippen LogP contribution in [0.4, 0.5) is 14.4 Å². The predicted molar refractivity (Wildman–Crippen MR) is 196 cm³/mol. The SMILES string of the molecule is CCC1=CC(C2=CCC(=O)CC2)=NC(c2nnc(-c3ccc(CN(C)C(=O)OC(C)(C)C)cc3)o2)=C(N(C(=O)OC(C)(C)C)C(=O)OC(C)(C)C)C1. The number of hydrogen-bond acceptors (Lipinski definition) is 11. The van der Waals surface area contributed by atoms with Crippen LogP contribution in [0.15, 0.2) is 62.7 Å². The van der Waals surface area contributed by atoms with E-state index in [1.807, 2.05) is 52.0 Å². The van der Waals surface area contributed by atoms with Crippen molar-refractivity contribution in [2.45, 2.75) is 125 Å². The van der Waals surface area contributed by atoms with E-state index >= 15 is 0 Å². The Labute approximate surface area is 305 Å². The van der Waals surface area contributed by atoms with E-state index in [4.69, 9.17) is 23.6 Å². The maximum Gasteiger partial charge on any atom is 0.424 e. The molecule has 0 fully saturated rings. The fraction of sp³-hybridized carbons (Fsp3) is 0.513. The van der Waals surface area contributed by atoms with Crippen LogP contribution in [0, 0.1) is 0 Å². The normalized spacial score (nSPS) is 15.6. The van der Waals surface area contributed by atoms with Gasteiger partial charge >= 0.3 is 18.3 Å². The molecular weight excluding hydrogens is 666 g/mol. The van der Waals surface area contributed by atoms with Gasteiger partial charge in [0.1, 0.15) is 28.3 Å². The van der Waals surface area contributed by atoms with E-state index in [0.29, 0.717) is 37.1 Å². The molecule has 1 aromatic carbocycles. The molecule has 0 saturated carbocycles. The summed E-state index contributed by atoms with van der Waals surface area (Å²) in [5.74, 6) is 0.271. The van der Waals surface area contributed by atoms with Crippen LogP contribution >= 0.6 is 0 Å². The molecule has 52 heavy (non-hydrogen) atoms. The largest absolute Gasteiger partial charge is 0.444 e. The number of imide groups is 1. The fourth-order valence-electron chi connectivity index (χ4n) is 5.23. The Morgan fingerprint density at radius 2 is 1.37 bits per heavy atom. The van der Waals surface area contributed by atoms with Crippen LogP contribution in [0.3, 0.4) is 0 Å². The number of aromatic nitrogens is 2. The van der Waals surface area contributed by atoms with Crippen molar-refractivity contribution in [3.63, 3.8) is 0 Å². The standard InChI is InChI=1S/C39H51N5O8/c1-12-24-21-29(26-17-19-28(45)20-18-26)40-31(30(22-24)44(35(47)51-38(5,6)7)36(48)52-39(8,9)10)33-42-41-32(49-33)27-15-13-25(14-16-27)23-43(11)34(46)50-37(2,3)4/h13-17,21H,12,18-20,22-23H2,1-11H3. The minimum Gasteiger partial charge on any atom is -0.444 e. The molecule has 2 heterocycles. The Kier molecular flexibility index (Phi) is 12.0. The van der Waals surface area contributed by atoms with Crippen molar-refractivity contribution >= 4 is 35.5 Å². The van der Waals surface area contributed by atoms with E-state index in [0.717, 1.165) is 21.6 Å². The molecule has 280 valence electrons. The van der Waals surface area contributed by atoms with Gasteiger partial charge in [-0.05, 0) is 105 Å². The lowest BCUT2D eigenvalue weighted by Crippen LogP contribution is -2.43. The lowest BCUT2D eigenvalue weighted by molar-refractivity contribution is -0.118. The van der Waals surface area contributed by atoms with Gasteiger partial charge in [0.25, 0.3) is 5.89 Å². The molecule has 13 heteroatoms. The van der Waals surface area contributed by atoms with Gasteiger partial charge in [0, 0.05) is 38.4 Å². The monoisotopic (exact) mass is 717 g/mol. The molecule has 0 spiro atoms. The number of hydrogen-bond donors (Lipinski definition) is 0. The molecular formula is C39H51N5O8. The molecule has 13 nitrogen and oxygen atoms in total. The van der Waals surface area contributed by atoms with Gasteiger partial charge in [0.2, 0.25) is 5.89 Å². The number of Topliss-reactive ketones (excluding diaryl/α,β-unsaturated/α-hetero) is 1. The molecule has 0 saturated heterocycles. The van der Waals surface area contributed by atoms with Crippen molar-refractivity contribution in [3.05, 3.63) is 64.7 Å². The topological polar surface area (TPSA) is 154 Å². The van der Waals surface area contributed by atoms with Gasteiger partial charge in [0.15, 0.2) is 0 Å². The molecule has 2 aliphatic rings. The Balaban J connectivity index is 1.82. The third kappa shape index (κ3) is 11.0. The minimum atomic E-state index is -0.947. The number of nitrogens with zero attached hydrogens (tertiary/aromatic N) is 5. The summed E-state index contributed by atoms with van der Waals surface area (Å²) in [7, 11) is 1.66. The summed E-state index contributed by atoms with van der Waals surface area (Å²) in [5, 5.41) is 8.66. The van der Waals surface area contributed by atoms with E-state index in [9.17, 15) is 19.2 Å². The number of allylic oxidation sites excluding steroid dienone is 4. The van der Waals surface area contributed by atoms with Crippen LogP contribution < -0.4 is 0 Å². The molecule has 2 aromatic rings. The minimum absolute atomic E-state index is 0.0356. The van der Waals surface area contributed by atoms with E-state index < -0.39 is 35.1 Å². The first-order valence-corrected chi connectivity index (χ1v) is 17.5. The van der Waals surface area contributed by atoms with Crippen molar-refractivity contribution in [1.82, 2.24) is 20.0 Å². The number of ether oxygens (including phenoxy) is 3. The maximum absolute atomic E-state index is 13.9. The van der Waals surface area contributed by atoms with E-state index in [1.54, 1.807) is 60.7 Å². The zero-order valence-electron chi connectivity index (χ0n) is 32.2. The van der Waals surface area contributed by atoms with E-state index in [1.165, 1.54) is 4.90 Å². The smallest absolute Gasteiger partial charge is 0.424 e. The average Bonchev–Trinajstić information content (AvgIpc) is 3.42. The van der Waals surface area contributed by atoms with Gasteiger partial charge in [-0.25, -0.2) is 19.4 Å². The Hall–Kier alpha value is -5.07. The van der Waals surface area contributed by atoms with E-state index in [-0.39, 0.29) is 41.8 Å². The average molecular weight is 718 g/mol. The zero-order chi connectivity index (χ0) is 38.6. The lowest BCUT2D eigenvalue weighted by atomic mass is 9.93. The Morgan fingerprint density at radius 1 is 0.808 bits per heavy atom. The highest BCUT2D eigenvalue weighted by Crippen LogP contribution is 2.36. The number of aliphatic imine (C=N–C) groups is 1. The van der Waals surface area contributed by atoms with Crippen molar-refractivity contribution in [2.75, 3.05) is 7.05 Å². The van der Waals surface area contributed by atoms with Crippen molar-refractivity contribution in [2.24, 2.45) is 4.99 Å². The zero-order valence-corrected chi connectivity index (χ0v) is 32.2. The highest BCUT2D eigenvalue weighted by molar-refractivity contribution is 6.12. The van der Waals surface area contributed by atoms with Crippen LogP contribution in [-0.4, -0.2) is 73.6 Å². The number of benzene rings is 1. The fourth-order valence-corrected chi connectivity index (χ4v) is 5.23. The summed E-state index contributed by atoms with van der Waals surface area (Å²) < 4.78 is 23.1. The molecule has 0 bridgehead atoms. The molecule has 0 N–H and O–H groups in total. The first-order chi connectivity index (χ1) is 24.1. The summed E-state index contributed by atoms with van der Waals surface area (Å²) in [6, 6.07) is 7.27.